The Morgan fingerprint density at radius 3 is 2.15 bits per heavy atom. The second-order valence-corrected chi connectivity index (χ2v) is 3.61. The smallest absolute Gasteiger partial charge is 0.137 e. The standard InChI is InChI=1S/C10H21NO2/c1-5-8-10(4,6-2)11(7-3)9(12)13/h5-8H2,1-4H3,(H,12,13)/p-1. The molecule has 1 amide bonds. The van der Waals surface area contributed by atoms with E-state index in [-0.39, 0.29) is 5.54 Å². The lowest BCUT2D eigenvalue weighted by molar-refractivity contribution is -0.271. The topological polar surface area (TPSA) is 43.4 Å². The summed E-state index contributed by atoms with van der Waals surface area (Å²) in [5.74, 6) is 0. The highest BCUT2D eigenvalue weighted by Crippen LogP contribution is 2.24. The molecule has 0 aromatic carbocycles. The van der Waals surface area contributed by atoms with Crippen LogP contribution < -0.4 is 5.11 Å². The molecule has 0 heterocycles. The van der Waals surface area contributed by atoms with Gasteiger partial charge in [-0.1, -0.05) is 20.3 Å². The van der Waals surface area contributed by atoms with E-state index < -0.39 is 6.09 Å². The number of carboxylic acid groups (broad SMARTS) is 1. The Bertz CT molecular complexity index is 170. The molecule has 3 nitrogen and oxygen atoms in total. The third kappa shape index (κ3) is 2.90. The zero-order valence-electron chi connectivity index (χ0n) is 9.09. The highest BCUT2D eigenvalue weighted by Gasteiger charge is 2.27. The van der Waals surface area contributed by atoms with Gasteiger partial charge in [-0.15, -0.1) is 0 Å². The van der Waals surface area contributed by atoms with E-state index in [0.717, 1.165) is 19.3 Å². The maximum atomic E-state index is 10.8. The summed E-state index contributed by atoms with van der Waals surface area (Å²) in [5.41, 5.74) is -0.248. The molecule has 13 heavy (non-hydrogen) atoms. The van der Waals surface area contributed by atoms with Crippen molar-refractivity contribution in [2.24, 2.45) is 0 Å². The Labute approximate surface area is 80.7 Å². The number of amides is 1. The summed E-state index contributed by atoms with van der Waals surface area (Å²) in [6.45, 7) is 8.42. The van der Waals surface area contributed by atoms with Crippen LogP contribution in [0.15, 0.2) is 0 Å². The van der Waals surface area contributed by atoms with Gasteiger partial charge in [0.1, 0.15) is 6.09 Å². The van der Waals surface area contributed by atoms with Crippen molar-refractivity contribution in [2.45, 2.75) is 52.5 Å². The number of nitrogens with zero attached hydrogens (tertiary/aromatic N) is 1. The monoisotopic (exact) mass is 186 g/mol. The van der Waals surface area contributed by atoms with Gasteiger partial charge in [0.2, 0.25) is 0 Å². The van der Waals surface area contributed by atoms with E-state index in [0.29, 0.717) is 6.54 Å². The summed E-state index contributed by atoms with van der Waals surface area (Å²) in [6, 6.07) is 0. The van der Waals surface area contributed by atoms with Gasteiger partial charge in [0.15, 0.2) is 0 Å². The van der Waals surface area contributed by atoms with Crippen LogP contribution in [0.2, 0.25) is 0 Å². The van der Waals surface area contributed by atoms with Crippen molar-refractivity contribution in [3.63, 3.8) is 0 Å². The molecule has 0 rings (SSSR count). The fraction of sp³-hybridized carbons (Fsp3) is 0.900. The van der Waals surface area contributed by atoms with Gasteiger partial charge in [0.25, 0.3) is 0 Å². The summed E-state index contributed by atoms with van der Waals surface area (Å²) in [4.78, 5) is 12.3. The molecule has 0 aliphatic carbocycles. The van der Waals surface area contributed by atoms with Gasteiger partial charge < -0.3 is 14.8 Å². The third-order valence-electron chi connectivity index (χ3n) is 2.74. The molecule has 0 fully saturated rings. The molecule has 0 radical (unpaired) electrons. The minimum atomic E-state index is -1.06. The van der Waals surface area contributed by atoms with E-state index in [9.17, 15) is 9.90 Å². The lowest BCUT2D eigenvalue weighted by Crippen LogP contribution is -2.54. The summed E-state index contributed by atoms with van der Waals surface area (Å²) in [7, 11) is 0. The summed E-state index contributed by atoms with van der Waals surface area (Å²) in [6.07, 6.45) is 1.67. The molecule has 0 saturated heterocycles. The van der Waals surface area contributed by atoms with Crippen molar-refractivity contribution in [2.75, 3.05) is 6.54 Å². The van der Waals surface area contributed by atoms with E-state index in [4.69, 9.17) is 0 Å². The molecular formula is C10H20NO2-. The van der Waals surface area contributed by atoms with Crippen LogP contribution in [0.1, 0.15) is 47.0 Å². The van der Waals surface area contributed by atoms with E-state index >= 15 is 0 Å². The van der Waals surface area contributed by atoms with Gasteiger partial charge in [-0.3, -0.25) is 0 Å². The maximum Gasteiger partial charge on any atom is 0.137 e. The van der Waals surface area contributed by atoms with Crippen molar-refractivity contribution >= 4 is 6.09 Å². The Balaban J connectivity index is 4.58. The van der Waals surface area contributed by atoms with Crippen LogP contribution >= 0.6 is 0 Å². The summed E-state index contributed by atoms with van der Waals surface area (Å²) < 4.78 is 0. The van der Waals surface area contributed by atoms with Crippen LogP contribution in [0.3, 0.4) is 0 Å². The molecule has 0 saturated carbocycles. The van der Waals surface area contributed by atoms with Gasteiger partial charge in [0, 0.05) is 12.1 Å². The Morgan fingerprint density at radius 2 is 1.92 bits per heavy atom. The Kier molecular flexibility index (Phi) is 4.81. The fourth-order valence-corrected chi connectivity index (χ4v) is 1.77. The first-order valence-corrected chi connectivity index (χ1v) is 5.00. The lowest BCUT2D eigenvalue weighted by Gasteiger charge is -2.42. The van der Waals surface area contributed by atoms with Gasteiger partial charge in [-0.25, -0.2) is 0 Å². The van der Waals surface area contributed by atoms with Gasteiger partial charge in [0.05, 0.1) is 0 Å². The van der Waals surface area contributed by atoms with E-state index in [2.05, 4.69) is 6.92 Å². The van der Waals surface area contributed by atoms with Crippen LogP contribution in [-0.2, 0) is 0 Å². The second-order valence-electron chi connectivity index (χ2n) is 3.61. The SMILES string of the molecule is CCCC(C)(CC)N(CC)C(=O)[O-]. The zero-order chi connectivity index (χ0) is 10.5. The third-order valence-corrected chi connectivity index (χ3v) is 2.74. The number of carbonyl (C=O) groups excluding carboxylic acids is 1. The summed E-state index contributed by atoms with van der Waals surface area (Å²) >= 11 is 0. The van der Waals surface area contributed by atoms with E-state index in [1.807, 2.05) is 20.8 Å². The molecule has 1 unspecified atom stereocenters. The van der Waals surface area contributed by atoms with Crippen LogP contribution in [0.5, 0.6) is 0 Å². The average Bonchev–Trinajstić information content (AvgIpc) is 2.05. The molecule has 3 heteroatoms. The molecule has 0 aliphatic heterocycles. The predicted molar refractivity (Wildman–Crippen MR) is 51.4 cm³/mol. The molecular weight excluding hydrogens is 166 g/mol. The zero-order valence-corrected chi connectivity index (χ0v) is 9.09. The molecule has 0 bridgehead atoms. The van der Waals surface area contributed by atoms with Crippen molar-refractivity contribution in [1.29, 1.82) is 0 Å². The van der Waals surface area contributed by atoms with Crippen molar-refractivity contribution in [3.8, 4) is 0 Å². The van der Waals surface area contributed by atoms with Crippen molar-refractivity contribution < 1.29 is 9.90 Å². The quantitative estimate of drug-likeness (QED) is 0.655. The Hall–Kier alpha value is -0.730. The lowest BCUT2D eigenvalue weighted by atomic mass is 9.91. The Morgan fingerprint density at radius 1 is 1.38 bits per heavy atom. The number of hydrogen-bond acceptors (Lipinski definition) is 2. The predicted octanol–water partition coefficient (Wildman–Crippen LogP) is 1.62. The fourth-order valence-electron chi connectivity index (χ4n) is 1.77. The normalized spacial score (nSPS) is 15.1. The first kappa shape index (κ1) is 12.3. The maximum absolute atomic E-state index is 10.8. The van der Waals surface area contributed by atoms with Crippen LogP contribution in [0, 0.1) is 0 Å². The minimum Gasteiger partial charge on any atom is -0.530 e. The largest absolute Gasteiger partial charge is 0.530 e. The first-order chi connectivity index (χ1) is 6.01. The van der Waals surface area contributed by atoms with E-state index in [1.165, 1.54) is 4.90 Å². The molecule has 0 aromatic heterocycles. The number of rotatable bonds is 5. The van der Waals surface area contributed by atoms with Crippen molar-refractivity contribution in [3.05, 3.63) is 0 Å². The average molecular weight is 186 g/mol. The molecule has 1 atom stereocenters. The summed E-state index contributed by atoms with van der Waals surface area (Å²) in [5, 5.41) is 10.8. The van der Waals surface area contributed by atoms with E-state index in [1.54, 1.807) is 0 Å². The molecule has 0 spiro atoms. The number of hydrogen-bond donors (Lipinski definition) is 0. The number of carbonyl (C=O) groups is 1. The molecule has 0 aromatic rings. The highest BCUT2D eigenvalue weighted by molar-refractivity contribution is 5.63. The van der Waals surface area contributed by atoms with Gasteiger partial charge >= 0.3 is 0 Å². The van der Waals surface area contributed by atoms with Crippen molar-refractivity contribution in [1.82, 2.24) is 4.90 Å². The first-order valence-electron chi connectivity index (χ1n) is 5.00. The van der Waals surface area contributed by atoms with Gasteiger partial charge in [-0.05, 0) is 26.7 Å². The molecule has 0 aliphatic rings. The highest BCUT2D eigenvalue weighted by atomic mass is 16.4. The minimum absolute atomic E-state index is 0.248. The molecule has 0 N–H and O–H groups in total. The molecule has 78 valence electrons. The van der Waals surface area contributed by atoms with Crippen LogP contribution in [-0.4, -0.2) is 23.1 Å². The van der Waals surface area contributed by atoms with Gasteiger partial charge in [-0.2, -0.15) is 0 Å². The van der Waals surface area contributed by atoms with Crippen LogP contribution in [0.4, 0.5) is 4.79 Å². The second kappa shape index (κ2) is 5.10. The van der Waals surface area contributed by atoms with Crippen LogP contribution in [0.25, 0.3) is 0 Å².